The highest BCUT2D eigenvalue weighted by Gasteiger charge is 1.96. The minimum Gasteiger partial charge on any atom is -0.282 e. The van der Waals surface area contributed by atoms with Crippen LogP contribution in [0, 0.1) is 0 Å². The van der Waals surface area contributed by atoms with Crippen LogP contribution in [0.3, 0.4) is 0 Å². The molecule has 0 atom stereocenters. The summed E-state index contributed by atoms with van der Waals surface area (Å²) in [4.78, 5) is 0. The van der Waals surface area contributed by atoms with Gasteiger partial charge >= 0.3 is 0 Å². The maximum Gasteiger partial charge on any atom is 0.134 e. The van der Waals surface area contributed by atoms with Gasteiger partial charge in [-0.2, -0.15) is 0 Å². The molecule has 0 radical (unpaired) electrons. The number of hydrogen-bond donors (Lipinski definition) is 1. The maximum atomic E-state index is 2.17. The van der Waals surface area contributed by atoms with Crippen molar-refractivity contribution in [1.82, 2.24) is 0 Å². The first-order valence-electron chi connectivity index (χ1n) is 4.40. The zero-order valence-electron chi connectivity index (χ0n) is 7.76. The van der Waals surface area contributed by atoms with Crippen molar-refractivity contribution in [2.75, 3.05) is 0 Å². The first-order chi connectivity index (χ1) is 6.45. The highest BCUT2D eigenvalue weighted by molar-refractivity contribution is 5.85. The molecular weight excluding hydrogens is 194 g/mol. The van der Waals surface area contributed by atoms with E-state index < -0.39 is 0 Å². The Bertz CT molecular complexity index is 321. The zero-order valence-corrected chi connectivity index (χ0v) is 8.58. The van der Waals surface area contributed by atoms with Gasteiger partial charge in [0.2, 0.25) is 0 Å². The second-order valence-electron chi connectivity index (χ2n) is 2.97. The minimum atomic E-state index is 0. The Morgan fingerprint density at radius 2 is 0.929 bits per heavy atom. The Morgan fingerprint density at radius 3 is 1.29 bits per heavy atom. The van der Waals surface area contributed by atoms with Crippen LogP contribution in [0.1, 0.15) is 0 Å². The van der Waals surface area contributed by atoms with E-state index in [1.807, 2.05) is 12.1 Å². The molecule has 0 unspecified atom stereocenters. The molecule has 2 aromatic carbocycles. The van der Waals surface area contributed by atoms with E-state index in [0.29, 0.717) is 0 Å². The lowest BCUT2D eigenvalue weighted by molar-refractivity contribution is -0.478. The monoisotopic (exact) mass is 206 g/mol. The van der Waals surface area contributed by atoms with Gasteiger partial charge in [0.1, 0.15) is 11.4 Å². The predicted octanol–water partition coefficient (Wildman–Crippen LogP) is 2.64. The smallest absolute Gasteiger partial charge is 0.134 e. The fraction of sp³-hybridized carbons (Fsp3) is 0. The normalized spacial score (nSPS) is 9.14. The van der Waals surface area contributed by atoms with Gasteiger partial charge in [-0.05, 0) is 24.3 Å². The van der Waals surface area contributed by atoms with Crippen molar-refractivity contribution in [2.45, 2.75) is 0 Å². The van der Waals surface area contributed by atoms with E-state index in [2.05, 4.69) is 53.8 Å². The number of para-hydroxylation sites is 2. The van der Waals surface area contributed by atoms with Crippen molar-refractivity contribution in [3.05, 3.63) is 60.7 Å². The third-order valence-corrected chi connectivity index (χ3v) is 1.93. The molecule has 2 heteroatoms. The average molecular weight is 207 g/mol. The van der Waals surface area contributed by atoms with E-state index >= 15 is 0 Å². The summed E-state index contributed by atoms with van der Waals surface area (Å²) in [7, 11) is 0. The van der Waals surface area contributed by atoms with Gasteiger partial charge in [-0.1, -0.05) is 36.4 Å². The molecular formula is C12H13ClN+. The Morgan fingerprint density at radius 1 is 0.571 bits per heavy atom. The van der Waals surface area contributed by atoms with Crippen LogP contribution in [0.2, 0.25) is 0 Å². The summed E-state index contributed by atoms with van der Waals surface area (Å²) < 4.78 is 0. The lowest BCUT2D eigenvalue weighted by Gasteiger charge is -1.98. The average Bonchev–Trinajstić information content (AvgIpc) is 2.21. The van der Waals surface area contributed by atoms with Crippen molar-refractivity contribution in [3.63, 3.8) is 0 Å². The topological polar surface area (TPSA) is 16.6 Å². The number of benzene rings is 2. The Labute approximate surface area is 90.2 Å². The van der Waals surface area contributed by atoms with E-state index in [4.69, 9.17) is 0 Å². The standard InChI is InChI=1S/C12H11N.ClH/c1-3-7-11(8-4-1)13-12-9-5-2-6-10-12;/h1-10,13H;1H/p+1. The lowest BCUT2D eigenvalue weighted by atomic mass is 10.3. The molecule has 14 heavy (non-hydrogen) atoms. The predicted molar refractivity (Wildman–Crippen MR) is 61.4 cm³/mol. The molecule has 0 spiro atoms. The fourth-order valence-corrected chi connectivity index (χ4v) is 1.29. The van der Waals surface area contributed by atoms with Gasteiger partial charge in [-0.3, -0.25) is 5.32 Å². The third-order valence-electron chi connectivity index (χ3n) is 1.93. The van der Waals surface area contributed by atoms with E-state index in [0.717, 1.165) is 0 Å². The maximum absolute atomic E-state index is 2.17. The molecule has 0 aromatic heterocycles. The van der Waals surface area contributed by atoms with Gasteiger partial charge in [0, 0.05) is 0 Å². The molecule has 72 valence electrons. The molecule has 0 saturated carbocycles. The number of rotatable bonds is 2. The zero-order chi connectivity index (χ0) is 8.93. The summed E-state index contributed by atoms with van der Waals surface area (Å²) in [5.74, 6) is 0. The molecule has 2 rings (SSSR count). The molecule has 1 nitrogen and oxygen atoms in total. The Kier molecular flexibility index (Phi) is 4.17. The van der Waals surface area contributed by atoms with Crippen LogP contribution in [0.25, 0.3) is 0 Å². The number of quaternary nitrogens is 1. The Hall–Kier alpha value is -1.31. The summed E-state index contributed by atoms with van der Waals surface area (Å²) >= 11 is 0. The van der Waals surface area contributed by atoms with Crippen LogP contribution >= 0.6 is 12.4 Å². The molecule has 0 aliphatic carbocycles. The largest absolute Gasteiger partial charge is 0.282 e. The van der Waals surface area contributed by atoms with Crippen LogP contribution in [-0.2, 0) is 0 Å². The van der Waals surface area contributed by atoms with E-state index in [-0.39, 0.29) is 12.4 Å². The van der Waals surface area contributed by atoms with Crippen molar-refractivity contribution in [2.24, 2.45) is 0 Å². The Balaban J connectivity index is 0.000000980. The first-order valence-corrected chi connectivity index (χ1v) is 4.40. The number of nitrogens with two attached hydrogens (primary N) is 1. The molecule has 0 amide bonds. The van der Waals surface area contributed by atoms with E-state index in [1.165, 1.54) is 11.4 Å². The summed E-state index contributed by atoms with van der Waals surface area (Å²) in [5, 5.41) is 2.17. The molecule has 0 saturated heterocycles. The molecule has 2 aromatic rings. The van der Waals surface area contributed by atoms with Crippen LogP contribution < -0.4 is 5.32 Å². The summed E-state index contributed by atoms with van der Waals surface area (Å²) in [6.07, 6.45) is 0. The first kappa shape index (κ1) is 10.8. The molecule has 2 N–H and O–H groups in total. The van der Waals surface area contributed by atoms with Crippen molar-refractivity contribution in [1.29, 1.82) is 0 Å². The van der Waals surface area contributed by atoms with Crippen molar-refractivity contribution in [3.8, 4) is 0 Å². The lowest BCUT2D eigenvalue weighted by Crippen LogP contribution is -2.70. The molecule has 0 aliphatic rings. The van der Waals surface area contributed by atoms with E-state index in [9.17, 15) is 0 Å². The number of halogens is 1. The summed E-state index contributed by atoms with van der Waals surface area (Å²) in [6.45, 7) is 0. The second-order valence-corrected chi connectivity index (χ2v) is 2.97. The summed E-state index contributed by atoms with van der Waals surface area (Å²) in [5.41, 5.74) is 2.49. The SMILES string of the molecule is Cl.c1ccc([NH2+]c2ccccc2)cc1. The van der Waals surface area contributed by atoms with Crippen LogP contribution in [0.15, 0.2) is 60.7 Å². The van der Waals surface area contributed by atoms with Gasteiger partial charge in [0.25, 0.3) is 0 Å². The molecule has 0 heterocycles. The van der Waals surface area contributed by atoms with Gasteiger partial charge in [0.05, 0.1) is 0 Å². The van der Waals surface area contributed by atoms with Crippen molar-refractivity contribution < 1.29 is 5.32 Å². The van der Waals surface area contributed by atoms with Crippen LogP contribution in [0.5, 0.6) is 0 Å². The van der Waals surface area contributed by atoms with Crippen molar-refractivity contribution >= 4 is 23.8 Å². The fourth-order valence-electron chi connectivity index (χ4n) is 1.29. The highest BCUT2D eigenvalue weighted by atomic mass is 35.5. The minimum absolute atomic E-state index is 0. The van der Waals surface area contributed by atoms with Gasteiger partial charge < -0.3 is 0 Å². The second kappa shape index (κ2) is 5.43. The number of hydrogen-bond acceptors (Lipinski definition) is 0. The quantitative estimate of drug-likeness (QED) is 0.728. The third kappa shape index (κ3) is 2.87. The van der Waals surface area contributed by atoms with Crippen LogP contribution in [-0.4, -0.2) is 0 Å². The van der Waals surface area contributed by atoms with Gasteiger partial charge in [-0.25, -0.2) is 0 Å². The van der Waals surface area contributed by atoms with Crippen LogP contribution in [0.4, 0.5) is 11.4 Å². The van der Waals surface area contributed by atoms with E-state index in [1.54, 1.807) is 0 Å². The summed E-state index contributed by atoms with van der Waals surface area (Å²) in [6, 6.07) is 20.7. The molecule has 0 fully saturated rings. The highest BCUT2D eigenvalue weighted by Crippen LogP contribution is 2.02. The van der Waals surface area contributed by atoms with Gasteiger partial charge in [0.15, 0.2) is 0 Å². The van der Waals surface area contributed by atoms with Gasteiger partial charge in [-0.15, -0.1) is 12.4 Å². The molecule has 0 bridgehead atoms. The molecule has 0 aliphatic heterocycles.